The van der Waals surface area contributed by atoms with E-state index in [9.17, 15) is 18.0 Å². The second-order valence-corrected chi connectivity index (χ2v) is 21.9. The SMILES string of the molecule is CNC(=O)N1N=C(c2ccc(N3CC4(CCS4(=O)=O)C3)cc2)c2c(c(F)cc(OC)c2OC)CC1C.CNC(=O)N1N=C(c2ccc(N3CCC4(CC3)COC4)cc2)c2c(c(F)cc(OC)c2OC)CC1C. The predicted molar refractivity (Wildman–Crippen MR) is 270 cm³/mol. The van der Waals surface area contributed by atoms with Gasteiger partial charge in [0.25, 0.3) is 0 Å². The van der Waals surface area contributed by atoms with Crippen molar-refractivity contribution in [1.82, 2.24) is 20.7 Å². The third-order valence-electron chi connectivity index (χ3n) is 15.1. The summed E-state index contributed by atoms with van der Waals surface area (Å²) in [5, 5.41) is 17.4. The number of hydrogen-bond donors (Lipinski definition) is 2. The van der Waals surface area contributed by atoms with E-state index in [1.807, 2.05) is 48.2 Å². The van der Waals surface area contributed by atoms with Crippen molar-refractivity contribution in [2.75, 3.05) is 97.5 Å². The van der Waals surface area contributed by atoms with Crippen LogP contribution in [-0.2, 0) is 27.4 Å². The summed E-state index contributed by atoms with van der Waals surface area (Å²) < 4.78 is 82.0. The Morgan fingerprint density at radius 1 is 0.667 bits per heavy atom. The maximum absolute atomic E-state index is 15.4. The molecule has 0 saturated carbocycles. The molecule has 4 aromatic rings. The molecule has 4 fully saturated rings. The molecule has 6 aliphatic rings. The first-order valence-corrected chi connectivity index (χ1v) is 25.8. The molecule has 4 amide bonds. The lowest BCUT2D eigenvalue weighted by Crippen LogP contribution is -2.72. The molecule has 2 atom stereocenters. The molecule has 2 unspecified atom stereocenters. The number of rotatable bonds is 8. The molecule has 4 saturated heterocycles. The third kappa shape index (κ3) is 8.79. The Kier molecular flexibility index (Phi) is 13.8. The van der Waals surface area contributed by atoms with E-state index in [0.29, 0.717) is 75.7 Å². The van der Waals surface area contributed by atoms with Crippen LogP contribution in [0.1, 0.15) is 66.5 Å². The van der Waals surface area contributed by atoms with E-state index < -0.39 is 38.3 Å². The molecule has 17 nitrogen and oxygen atoms in total. The number of hydrazone groups is 2. The number of anilines is 2. The Morgan fingerprint density at radius 2 is 1.10 bits per heavy atom. The van der Waals surface area contributed by atoms with Crippen LogP contribution in [0.2, 0.25) is 0 Å². The number of nitrogens with one attached hydrogen (secondary N) is 2. The summed E-state index contributed by atoms with van der Waals surface area (Å²) in [5.74, 6) is 0.619. The number of sulfone groups is 1. The zero-order chi connectivity index (χ0) is 51.3. The average Bonchev–Trinajstić information content (AvgIpc) is 3.63. The number of hydrogen-bond acceptors (Lipinski definition) is 13. The summed E-state index contributed by atoms with van der Waals surface area (Å²) in [7, 11) is 6.00. The van der Waals surface area contributed by atoms with E-state index in [2.05, 4.69) is 32.8 Å². The van der Waals surface area contributed by atoms with Gasteiger partial charge in [0.2, 0.25) is 0 Å². The number of urea groups is 2. The van der Waals surface area contributed by atoms with Crippen LogP contribution in [0, 0.1) is 17.0 Å². The van der Waals surface area contributed by atoms with Crippen molar-refractivity contribution >= 4 is 44.7 Å². The molecule has 0 aromatic heterocycles. The molecule has 72 heavy (non-hydrogen) atoms. The van der Waals surface area contributed by atoms with Crippen LogP contribution >= 0.6 is 0 Å². The fraction of sp³-hybridized carbons (Fsp3) is 0.462. The standard InChI is InChI=1S/C27H33FN4O4.C25H29FN4O5S/c1-17-13-20-21(28)14-22(34-3)25(35-4)23(20)24(30-32(17)26(33)29-2)18-5-7-19(8-6-18)31-11-9-27(10-12-31)15-36-16-27;1-15-11-18-19(26)12-20(34-3)23(35-4)21(18)22(28-30(15)24(31)27-2)16-5-7-17(8-6-16)29-13-25(14-29)9-10-36(25,32)33/h5-8,14,17H,9-13,15-16H2,1-4H3,(H,29,33);5-8,12,15H,9-11,13-14H2,1-4H3,(H,27,31). The zero-order valence-electron chi connectivity index (χ0n) is 41.9. The molecule has 4 aromatic carbocycles. The van der Waals surface area contributed by atoms with Crippen LogP contribution in [0.15, 0.2) is 70.9 Å². The number of benzene rings is 4. The number of halogens is 2. The van der Waals surface area contributed by atoms with E-state index in [-0.39, 0.29) is 42.2 Å². The maximum Gasteiger partial charge on any atom is 0.337 e. The van der Waals surface area contributed by atoms with E-state index in [0.717, 1.165) is 56.1 Å². The molecule has 10 rings (SSSR count). The average molecular weight is 1010 g/mol. The highest BCUT2D eigenvalue weighted by Gasteiger charge is 2.59. The van der Waals surface area contributed by atoms with Gasteiger partial charge in [0, 0.05) is 91.5 Å². The molecular weight excluding hydrogens is 951 g/mol. The summed E-state index contributed by atoms with van der Waals surface area (Å²) in [6, 6.07) is 16.6. The lowest BCUT2D eigenvalue weighted by atomic mass is 9.77. The molecule has 6 heterocycles. The number of amides is 4. The lowest BCUT2D eigenvalue weighted by molar-refractivity contribution is -0.124. The highest BCUT2D eigenvalue weighted by molar-refractivity contribution is 7.94. The van der Waals surface area contributed by atoms with Gasteiger partial charge in [-0.3, -0.25) is 0 Å². The molecule has 2 N–H and O–H groups in total. The quantitative estimate of drug-likeness (QED) is 0.201. The number of carbonyl (C=O) groups excluding carboxylic acids is 2. The Balaban J connectivity index is 0.000000178. The van der Waals surface area contributed by atoms with Crippen molar-refractivity contribution < 1.29 is 50.5 Å². The summed E-state index contributed by atoms with van der Waals surface area (Å²) in [6.45, 7) is 8.35. The van der Waals surface area contributed by atoms with Crippen molar-refractivity contribution in [2.24, 2.45) is 15.6 Å². The first-order valence-electron chi connectivity index (χ1n) is 24.1. The van der Waals surface area contributed by atoms with Gasteiger partial charge in [-0.25, -0.2) is 36.8 Å². The second kappa shape index (κ2) is 19.7. The van der Waals surface area contributed by atoms with Gasteiger partial charge in [0.05, 0.1) is 70.6 Å². The van der Waals surface area contributed by atoms with Gasteiger partial charge in [-0.1, -0.05) is 24.3 Å². The number of carbonyl (C=O) groups is 2. The third-order valence-corrected chi connectivity index (χ3v) is 17.6. The second-order valence-electron chi connectivity index (χ2n) is 19.4. The van der Waals surface area contributed by atoms with Gasteiger partial charge in [-0.05, 0) is 70.2 Å². The van der Waals surface area contributed by atoms with Crippen LogP contribution in [0.3, 0.4) is 0 Å². The highest BCUT2D eigenvalue weighted by Crippen LogP contribution is 2.45. The number of ether oxygens (including phenoxy) is 5. The van der Waals surface area contributed by atoms with Crippen LogP contribution in [0.4, 0.5) is 29.7 Å². The first-order chi connectivity index (χ1) is 34.5. The Bertz CT molecular complexity index is 2920. The first kappa shape index (κ1) is 50.3. The van der Waals surface area contributed by atoms with E-state index >= 15 is 8.78 Å². The van der Waals surface area contributed by atoms with Crippen molar-refractivity contribution in [3.05, 3.63) is 106 Å². The van der Waals surface area contributed by atoms with Crippen LogP contribution in [0.25, 0.3) is 0 Å². The molecule has 0 bridgehead atoms. The highest BCUT2D eigenvalue weighted by atomic mass is 32.2. The minimum Gasteiger partial charge on any atom is -0.493 e. The monoisotopic (exact) mass is 1010 g/mol. The summed E-state index contributed by atoms with van der Waals surface area (Å²) in [4.78, 5) is 29.8. The topological polar surface area (TPSA) is 176 Å². The predicted octanol–water partition coefficient (Wildman–Crippen LogP) is 6.36. The van der Waals surface area contributed by atoms with Crippen LogP contribution in [0.5, 0.6) is 23.0 Å². The summed E-state index contributed by atoms with van der Waals surface area (Å²) >= 11 is 0. The van der Waals surface area contributed by atoms with Gasteiger partial charge >= 0.3 is 12.1 Å². The Hall–Kier alpha value is -6.67. The molecule has 20 heteroatoms. The van der Waals surface area contributed by atoms with E-state index in [1.165, 1.54) is 57.6 Å². The van der Waals surface area contributed by atoms with Crippen molar-refractivity contribution in [3.8, 4) is 23.0 Å². The van der Waals surface area contributed by atoms with Crippen LogP contribution in [-0.4, -0.2) is 146 Å². The maximum atomic E-state index is 15.4. The summed E-state index contributed by atoms with van der Waals surface area (Å²) in [5.41, 5.74) is 6.40. The fourth-order valence-electron chi connectivity index (χ4n) is 10.6. The molecule has 2 spiro atoms. The molecule has 0 aliphatic carbocycles. The zero-order valence-corrected chi connectivity index (χ0v) is 42.8. The normalized spacial score (nSPS) is 21.1. The number of nitrogens with zero attached hydrogens (tertiary/aromatic N) is 6. The van der Waals surface area contributed by atoms with E-state index in [1.54, 1.807) is 14.0 Å². The van der Waals surface area contributed by atoms with Gasteiger partial charge in [-0.2, -0.15) is 10.2 Å². The van der Waals surface area contributed by atoms with Gasteiger partial charge in [0.15, 0.2) is 32.8 Å². The van der Waals surface area contributed by atoms with Gasteiger partial charge < -0.3 is 44.1 Å². The molecule has 0 radical (unpaired) electrons. The Morgan fingerprint density at radius 3 is 1.43 bits per heavy atom. The van der Waals surface area contributed by atoms with E-state index in [4.69, 9.17) is 28.8 Å². The number of methoxy groups -OCH3 is 4. The van der Waals surface area contributed by atoms with Gasteiger partial charge in [-0.15, -0.1) is 0 Å². The minimum atomic E-state index is -2.99. The lowest BCUT2D eigenvalue weighted by Gasteiger charge is -2.55. The minimum absolute atomic E-state index is 0.227. The van der Waals surface area contributed by atoms with Crippen molar-refractivity contribution in [3.63, 3.8) is 0 Å². The molecule has 6 aliphatic heterocycles. The van der Waals surface area contributed by atoms with Crippen molar-refractivity contribution in [2.45, 2.75) is 62.8 Å². The molecular formula is C52H62F2N8O9S. The number of piperidine rings is 1. The van der Waals surface area contributed by atoms with Gasteiger partial charge in [0.1, 0.15) is 27.8 Å². The fourth-order valence-corrected chi connectivity index (χ4v) is 12.4. The van der Waals surface area contributed by atoms with Crippen LogP contribution < -0.4 is 39.4 Å². The molecule has 384 valence electrons. The number of fused-ring (bicyclic) bond motifs is 2. The largest absolute Gasteiger partial charge is 0.493 e. The van der Waals surface area contributed by atoms with Crippen molar-refractivity contribution in [1.29, 1.82) is 0 Å². The smallest absolute Gasteiger partial charge is 0.337 e. The Labute approximate surface area is 419 Å². The summed E-state index contributed by atoms with van der Waals surface area (Å²) in [6.07, 6.45) is 3.47.